The van der Waals surface area contributed by atoms with Crippen LogP contribution in [0.1, 0.15) is 24.8 Å². The van der Waals surface area contributed by atoms with Crippen molar-refractivity contribution in [2.45, 2.75) is 31.3 Å². The molecule has 4 heteroatoms. The standard InChI is InChI=1S/C17H26N2O2/c1-18(2)14-17(21)11-7-13-19(16(17)20)12-6-10-15-8-4-3-5-9-15/h3-5,8-9,21H,6-7,10-14H2,1-2H3/t17-/m0/s1. The number of rotatable bonds is 6. The van der Waals surface area contributed by atoms with E-state index in [4.69, 9.17) is 0 Å². The highest BCUT2D eigenvalue weighted by Gasteiger charge is 2.42. The summed E-state index contributed by atoms with van der Waals surface area (Å²) in [6.45, 7) is 1.90. The number of benzene rings is 1. The predicted molar refractivity (Wildman–Crippen MR) is 84.1 cm³/mol. The highest BCUT2D eigenvalue weighted by molar-refractivity contribution is 5.86. The van der Waals surface area contributed by atoms with Gasteiger partial charge in [0.25, 0.3) is 5.91 Å². The van der Waals surface area contributed by atoms with Gasteiger partial charge >= 0.3 is 0 Å². The maximum Gasteiger partial charge on any atom is 0.255 e. The molecular formula is C17H26N2O2. The Morgan fingerprint density at radius 3 is 2.67 bits per heavy atom. The zero-order valence-corrected chi connectivity index (χ0v) is 13.1. The van der Waals surface area contributed by atoms with Crippen molar-refractivity contribution in [3.8, 4) is 0 Å². The van der Waals surface area contributed by atoms with Gasteiger partial charge in [-0.05, 0) is 45.3 Å². The lowest BCUT2D eigenvalue weighted by molar-refractivity contribution is -0.158. The van der Waals surface area contributed by atoms with Gasteiger partial charge < -0.3 is 14.9 Å². The van der Waals surface area contributed by atoms with Crippen LogP contribution in [0.25, 0.3) is 0 Å². The molecule has 1 N–H and O–H groups in total. The quantitative estimate of drug-likeness (QED) is 0.864. The van der Waals surface area contributed by atoms with Crippen LogP contribution in [0.4, 0.5) is 0 Å². The van der Waals surface area contributed by atoms with Crippen LogP contribution in [0.2, 0.25) is 0 Å². The highest BCUT2D eigenvalue weighted by atomic mass is 16.3. The van der Waals surface area contributed by atoms with Crippen molar-refractivity contribution >= 4 is 5.91 Å². The second-order valence-electron chi connectivity index (χ2n) is 6.25. The third-order valence-electron chi connectivity index (χ3n) is 4.02. The van der Waals surface area contributed by atoms with Gasteiger partial charge in [0.15, 0.2) is 5.60 Å². The number of amides is 1. The van der Waals surface area contributed by atoms with E-state index in [2.05, 4.69) is 12.1 Å². The second-order valence-corrected chi connectivity index (χ2v) is 6.25. The molecule has 1 amide bonds. The van der Waals surface area contributed by atoms with E-state index in [0.29, 0.717) is 13.0 Å². The summed E-state index contributed by atoms with van der Waals surface area (Å²) in [4.78, 5) is 16.2. The molecule has 1 heterocycles. The van der Waals surface area contributed by atoms with Gasteiger partial charge in [-0.25, -0.2) is 0 Å². The summed E-state index contributed by atoms with van der Waals surface area (Å²) < 4.78 is 0. The molecule has 1 atom stereocenters. The van der Waals surface area contributed by atoms with E-state index in [1.54, 1.807) is 0 Å². The molecule has 0 bridgehead atoms. The Kier molecular flexibility index (Phi) is 5.37. The minimum Gasteiger partial charge on any atom is -0.379 e. The van der Waals surface area contributed by atoms with Crippen molar-refractivity contribution in [1.29, 1.82) is 0 Å². The number of hydrogen-bond donors (Lipinski definition) is 1. The van der Waals surface area contributed by atoms with Crippen molar-refractivity contribution in [2.75, 3.05) is 33.7 Å². The van der Waals surface area contributed by atoms with Crippen molar-refractivity contribution in [3.63, 3.8) is 0 Å². The van der Waals surface area contributed by atoms with Crippen molar-refractivity contribution in [1.82, 2.24) is 9.80 Å². The molecule has 1 aromatic rings. The fourth-order valence-corrected chi connectivity index (χ4v) is 3.07. The smallest absolute Gasteiger partial charge is 0.255 e. The largest absolute Gasteiger partial charge is 0.379 e. The van der Waals surface area contributed by atoms with Crippen LogP contribution >= 0.6 is 0 Å². The Morgan fingerprint density at radius 2 is 2.00 bits per heavy atom. The Morgan fingerprint density at radius 1 is 1.29 bits per heavy atom. The average Bonchev–Trinajstić information content (AvgIpc) is 2.44. The molecule has 21 heavy (non-hydrogen) atoms. The fourth-order valence-electron chi connectivity index (χ4n) is 3.07. The van der Waals surface area contributed by atoms with Crippen LogP contribution in [0.5, 0.6) is 0 Å². The Labute approximate surface area is 127 Å². The summed E-state index contributed by atoms with van der Waals surface area (Å²) in [5.74, 6) is -0.101. The summed E-state index contributed by atoms with van der Waals surface area (Å²) in [6.07, 6.45) is 3.35. The Bertz CT molecular complexity index is 461. The molecule has 1 saturated heterocycles. The van der Waals surface area contributed by atoms with Gasteiger partial charge in [-0.2, -0.15) is 0 Å². The number of hydrogen-bond acceptors (Lipinski definition) is 3. The second kappa shape index (κ2) is 7.05. The number of aryl methyl sites for hydroxylation is 1. The van der Waals surface area contributed by atoms with Crippen LogP contribution in [-0.4, -0.2) is 60.1 Å². The molecule has 1 aliphatic rings. The van der Waals surface area contributed by atoms with Crippen LogP contribution in [0, 0.1) is 0 Å². The van der Waals surface area contributed by atoms with Crippen molar-refractivity contribution in [3.05, 3.63) is 35.9 Å². The third kappa shape index (κ3) is 4.29. The summed E-state index contributed by atoms with van der Waals surface area (Å²) in [5, 5.41) is 10.6. The lowest BCUT2D eigenvalue weighted by Crippen LogP contribution is -2.57. The van der Waals surface area contributed by atoms with Gasteiger partial charge in [0, 0.05) is 19.6 Å². The van der Waals surface area contributed by atoms with E-state index >= 15 is 0 Å². The summed E-state index contributed by atoms with van der Waals surface area (Å²) in [7, 11) is 3.78. The molecular weight excluding hydrogens is 264 g/mol. The molecule has 0 saturated carbocycles. The average molecular weight is 290 g/mol. The molecule has 4 nitrogen and oxygen atoms in total. The molecule has 0 unspecified atom stereocenters. The fraction of sp³-hybridized carbons (Fsp3) is 0.588. The first kappa shape index (κ1) is 16.0. The SMILES string of the molecule is CN(C)C[C@@]1(O)CCCN(CCCc2ccccc2)C1=O. The van der Waals surface area contributed by atoms with E-state index in [1.807, 2.05) is 42.1 Å². The first-order valence-corrected chi connectivity index (χ1v) is 7.72. The van der Waals surface area contributed by atoms with E-state index in [-0.39, 0.29) is 5.91 Å². The normalized spacial score (nSPS) is 22.9. The molecule has 1 fully saturated rings. The summed E-state index contributed by atoms with van der Waals surface area (Å²) >= 11 is 0. The van der Waals surface area contributed by atoms with E-state index in [1.165, 1.54) is 5.56 Å². The van der Waals surface area contributed by atoms with Gasteiger partial charge in [-0.15, -0.1) is 0 Å². The Hall–Kier alpha value is -1.39. The van der Waals surface area contributed by atoms with E-state index in [9.17, 15) is 9.90 Å². The first-order chi connectivity index (χ1) is 10.0. The first-order valence-electron chi connectivity index (χ1n) is 7.72. The summed E-state index contributed by atoms with van der Waals surface area (Å²) in [6, 6.07) is 10.3. The van der Waals surface area contributed by atoms with Crippen molar-refractivity contribution < 1.29 is 9.90 Å². The van der Waals surface area contributed by atoms with Crippen LogP contribution in [-0.2, 0) is 11.2 Å². The molecule has 2 rings (SSSR count). The number of likely N-dealkylation sites (tertiary alicyclic amines) is 1. The molecule has 116 valence electrons. The minimum atomic E-state index is -1.20. The molecule has 0 aliphatic carbocycles. The number of carbonyl (C=O) groups is 1. The third-order valence-corrected chi connectivity index (χ3v) is 4.02. The van der Waals surface area contributed by atoms with Crippen molar-refractivity contribution in [2.24, 2.45) is 0 Å². The zero-order chi connectivity index (χ0) is 15.3. The molecule has 0 spiro atoms. The maximum atomic E-state index is 12.5. The molecule has 0 aromatic heterocycles. The van der Waals surface area contributed by atoms with Gasteiger partial charge in [-0.1, -0.05) is 30.3 Å². The zero-order valence-electron chi connectivity index (χ0n) is 13.1. The number of nitrogens with zero attached hydrogens (tertiary/aromatic N) is 2. The monoisotopic (exact) mass is 290 g/mol. The van der Waals surface area contributed by atoms with Crippen LogP contribution in [0.3, 0.4) is 0 Å². The van der Waals surface area contributed by atoms with Gasteiger partial charge in [-0.3, -0.25) is 4.79 Å². The molecule has 1 aliphatic heterocycles. The van der Waals surface area contributed by atoms with Gasteiger partial charge in [0.05, 0.1) is 0 Å². The molecule has 0 radical (unpaired) electrons. The number of aliphatic hydroxyl groups is 1. The Balaban J connectivity index is 1.87. The number of likely N-dealkylation sites (N-methyl/N-ethyl adjacent to an activating group) is 1. The highest BCUT2D eigenvalue weighted by Crippen LogP contribution is 2.23. The van der Waals surface area contributed by atoms with Gasteiger partial charge in [0.2, 0.25) is 0 Å². The minimum absolute atomic E-state index is 0.101. The molecule has 1 aromatic carbocycles. The lowest BCUT2D eigenvalue weighted by atomic mass is 9.91. The van der Waals surface area contributed by atoms with Crippen LogP contribution < -0.4 is 0 Å². The lowest BCUT2D eigenvalue weighted by Gasteiger charge is -2.39. The number of carbonyl (C=O) groups excluding carboxylic acids is 1. The topological polar surface area (TPSA) is 43.8 Å². The predicted octanol–water partition coefficient (Wildman–Crippen LogP) is 1.53. The number of piperidine rings is 1. The maximum absolute atomic E-state index is 12.5. The van der Waals surface area contributed by atoms with E-state index in [0.717, 1.165) is 32.4 Å². The van der Waals surface area contributed by atoms with Gasteiger partial charge in [0.1, 0.15) is 0 Å². The van der Waals surface area contributed by atoms with E-state index < -0.39 is 5.60 Å². The summed E-state index contributed by atoms with van der Waals surface area (Å²) in [5.41, 5.74) is 0.0969. The van der Waals surface area contributed by atoms with Crippen LogP contribution in [0.15, 0.2) is 30.3 Å².